The van der Waals surface area contributed by atoms with Crippen LogP contribution in [0.2, 0.25) is 0 Å². The zero-order chi connectivity index (χ0) is 13.9. The van der Waals surface area contributed by atoms with Crippen molar-refractivity contribution in [1.82, 2.24) is 10.2 Å². The number of rotatable bonds is 3. The molecular formula is C14H22N4O. The quantitative estimate of drug-likeness (QED) is 0.879. The Morgan fingerprint density at radius 1 is 1.16 bits per heavy atom. The first-order valence-corrected chi connectivity index (χ1v) is 6.87. The van der Waals surface area contributed by atoms with Crippen LogP contribution < -0.4 is 10.6 Å². The maximum atomic E-state index is 11.8. The highest BCUT2D eigenvalue weighted by Crippen LogP contribution is 2.21. The summed E-state index contributed by atoms with van der Waals surface area (Å²) < 4.78 is 0. The zero-order valence-corrected chi connectivity index (χ0v) is 11.9. The molecular weight excluding hydrogens is 240 g/mol. The molecule has 0 saturated heterocycles. The lowest BCUT2D eigenvalue weighted by Gasteiger charge is -2.17. The van der Waals surface area contributed by atoms with E-state index in [9.17, 15) is 4.79 Å². The van der Waals surface area contributed by atoms with E-state index in [4.69, 9.17) is 0 Å². The van der Waals surface area contributed by atoms with Gasteiger partial charge in [-0.15, -0.1) is 10.2 Å². The molecule has 19 heavy (non-hydrogen) atoms. The average Bonchev–Trinajstić information content (AvgIpc) is 2.83. The van der Waals surface area contributed by atoms with E-state index in [-0.39, 0.29) is 5.91 Å². The molecule has 5 heteroatoms. The van der Waals surface area contributed by atoms with Gasteiger partial charge in [0.1, 0.15) is 5.82 Å². The molecule has 0 bridgehead atoms. The fourth-order valence-electron chi connectivity index (χ4n) is 2.06. The van der Waals surface area contributed by atoms with Crippen LogP contribution in [0, 0.1) is 5.41 Å². The van der Waals surface area contributed by atoms with Gasteiger partial charge < -0.3 is 10.6 Å². The summed E-state index contributed by atoms with van der Waals surface area (Å²) >= 11 is 0. The average molecular weight is 262 g/mol. The third kappa shape index (κ3) is 3.91. The normalized spacial score (nSPS) is 16.4. The highest BCUT2D eigenvalue weighted by molar-refractivity contribution is 5.93. The van der Waals surface area contributed by atoms with Gasteiger partial charge in [0, 0.05) is 11.5 Å². The van der Waals surface area contributed by atoms with Gasteiger partial charge in [-0.2, -0.15) is 0 Å². The minimum Gasteiger partial charge on any atom is -0.366 e. The number of hydrogen-bond donors (Lipinski definition) is 2. The van der Waals surface area contributed by atoms with E-state index in [0.29, 0.717) is 11.9 Å². The Hall–Kier alpha value is -1.65. The molecule has 1 saturated carbocycles. The van der Waals surface area contributed by atoms with Crippen LogP contribution in [-0.2, 0) is 4.79 Å². The Bertz CT molecular complexity index is 430. The summed E-state index contributed by atoms with van der Waals surface area (Å²) in [5.41, 5.74) is -0.428. The lowest BCUT2D eigenvalue weighted by Crippen LogP contribution is -2.28. The third-order valence-corrected chi connectivity index (χ3v) is 3.29. The summed E-state index contributed by atoms with van der Waals surface area (Å²) in [7, 11) is 0. The van der Waals surface area contributed by atoms with Crippen LogP contribution in [0.1, 0.15) is 46.5 Å². The molecule has 1 aromatic heterocycles. The van der Waals surface area contributed by atoms with E-state index < -0.39 is 5.41 Å². The molecule has 0 atom stereocenters. The topological polar surface area (TPSA) is 66.9 Å². The van der Waals surface area contributed by atoms with Crippen LogP contribution in [-0.4, -0.2) is 22.1 Å². The van der Waals surface area contributed by atoms with Crippen molar-refractivity contribution < 1.29 is 4.79 Å². The minimum absolute atomic E-state index is 0.0571. The SMILES string of the molecule is CC(C)(C)C(=O)Nc1ccc(NC2CCCC2)nn1. The fraction of sp³-hybridized carbons (Fsp3) is 0.643. The van der Waals surface area contributed by atoms with Crippen molar-refractivity contribution in [2.75, 3.05) is 10.6 Å². The third-order valence-electron chi connectivity index (χ3n) is 3.29. The Balaban J connectivity index is 1.92. The largest absolute Gasteiger partial charge is 0.366 e. The Morgan fingerprint density at radius 2 is 1.74 bits per heavy atom. The van der Waals surface area contributed by atoms with E-state index in [1.54, 1.807) is 6.07 Å². The standard InChI is InChI=1S/C14H22N4O/c1-14(2,3)13(19)16-12-9-8-11(17-18-12)15-10-6-4-5-7-10/h8-10H,4-7H2,1-3H3,(H,15,17)(H,16,18,19). The van der Waals surface area contributed by atoms with Gasteiger partial charge in [-0.1, -0.05) is 33.6 Å². The van der Waals surface area contributed by atoms with Crippen molar-refractivity contribution in [2.24, 2.45) is 5.41 Å². The lowest BCUT2D eigenvalue weighted by molar-refractivity contribution is -0.123. The van der Waals surface area contributed by atoms with Crippen molar-refractivity contribution in [3.8, 4) is 0 Å². The number of carbonyl (C=O) groups is 1. The molecule has 1 amide bonds. The summed E-state index contributed by atoms with van der Waals surface area (Å²) in [6, 6.07) is 4.17. The lowest BCUT2D eigenvalue weighted by atomic mass is 9.96. The Labute approximate surface area is 114 Å². The summed E-state index contributed by atoms with van der Waals surface area (Å²) in [5, 5.41) is 14.3. The number of carbonyl (C=O) groups excluding carboxylic acids is 1. The number of anilines is 2. The summed E-state index contributed by atoms with van der Waals surface area (Å²) in [5.74, 6) is 1.22. The molecule has 0 radical (unpaired) electrons. The maximum absolute atomic E-state index is 11.8. The first-order chi connectivity index (χ1) is 8.95. The molecule has 2 rings (SSSR count). The zero-order valence-electron chi connectivity index (χ0n) is 11.9. The number of hydrogen-bond acceptors (Lipinski definition) is 4. The molecule has 2 N–H and O–H groups in total. The molecule has 5 nitrogen and oxygen atoms in total. The van der Waals surface area contributed by atoms with Gasteiger partial charge >= 0.3 is 0 Å². The summed E-state index contributed by atoms with van der Waals surface area (Å²) in [6.45, 7) is 5.60. The summed E-state index contributed by atoms with van der Waals surface area (Å²) in [6.07, 6.45) is 4.96. The molecule has 0 aliphatic heterocycles. The van der Waals surface area contributed by atoms with Gasteiger partial charge in [0.25, 0.3) is 0 Å². The van der Waals surface area contributed by atoms with Gasteiger partial charge in [-0.05, 0) is 25.0 Å². The van der Waals surface area contributed by atoms with Crippen LogP contribution in [0.25, 0.3) is 0 Å². The van der Waals surface area contributed by atoms with Crippen LogP contribution in [0.5, 0.6) is 0 Å². The molecule has 1 aliphatic carbocycles. The number of nitrogens with zero attached hydrogens (tertiary/aromatic N) is 2. The van der Waals surface area contributed by atoms with E-state index in [0.717, 1.165) is 5.82 Å². The van der Waals surface area contributed by atoms with Crippen molar-refractivity contribution >= 4 is 17.5 Å². The van der Waals surface area contributed by atoms with Crippen molar-refractivity contribution in [3.05, 3.63) is 12.1 Å². The smallest absolute Gasteiger partial charge is 0.230 e. The highest BCUT2D eigenvalue weighted by Gasteiger charge is 2.21. The second kappa shape index (κ2) is 5.55. The maximum Gasteiger partial charge on any atom is 0.230 e. The monoisotopic (exact) mass is 262 g/mol. The molecule has 1 aliphatic rings. The Morgan fingerprint density at radius 3 is 2.26 bits per heavy atom. The predicted molar refractivity (Wildman–Crippen MR) is 76.0 cm³/mol. The second-order valence-corrected chi connectivity index (χ2v) is 6.13. The van der Waals surface area contributed by atoms with E-state index in [1.165, 1.54) is 25.7 Å². The van der Waals surface area contributed by atoms with Gasteiger partial charge in [0.2, 0.25) is 5.91 Å². The van der Waals surface area contributed by atoms with Gasteiger partial charge in [-0.25, -0.2) is 0 Å². The summed E-state index contributed by atoms with van der Waals surface area (Å²) in [4.78, 5) is 11.8. The van der Waals surface area contributed by atoms with Gasteiger partial charge in [0.15, 0.2) is 5.82 Å². The molecule has 0 aromatic carbocycles. The van der Waals surface area contributed by atoms with Gasteiger partial charge in [0.05, 0.1) is 0 Å². The van der Waals surface area contributed by atoms with Gasteiger partial charge in [-0.3, -0.25) is 4.79 Å². The number of aromatic nitrogens is 2. The van der Waals surface area contributed by atoms with Crippen LogP contribution >= 0.6 is 0 Å². The molecule has 0 spiro atoms. The van der Waals surface area contributed by atoms with Crippen molar-refractivity contribution in [2.45, 2.75) is 52.5 Å². The molecule has 104 valence electrons. The van der Waals surface area contributed by atoms with E-state index >= 15 is 0 Å². The van der Waals surface area contributed by atoms with Crippen LogP contribution in [0.4, 0.5) is 11.6 Å². The number of amides is 1. The van der Waals surface area contributed by atoms with Crippen molar-refractivity contribution in [1.29, 1.82) is 0 Å². The van der Waals surface area contributed by atoms with E-state index in [1.807, 2.05) is 26.8 Å². The first kappa shape index (κ1) is 13.8. The highest BCUT2D eigenvalue weighted by atomic mass is 16.2. The Kier molecular flexibility index (Phi) is 4.02. The van der Waals surface area contributed by atoms with Crippen molar-refractivity contribution in [3.63, 3.8) is 0 Å². The molecule has 1 aromatic rings. The van der Waals surface area contributed by atoms with Crippen LogP contribution in [0.3, 0.4) is 0 Å². The van der Waals surface area contributed by atoms with Crippen LogP contribution in [0.15, 0.2) is 12.1 Å². The predicted octanol–water partition coefficient (Wildman–Crippen LogP) is 2.82. The fourth-order valence-corrected chi connectivity index (χ4v) is 2.06. The first-order valence-electron chi connectivity index (χ1n) is 6.87. The minimum atomic E-state index is -0.428. The second-order valence-electron chi connectivity index (χ2n) is 6.13. The molecule has 1 fully saturated rings. The number of nitrogens with one attached hydrogen (secondary N) is 2. The van der Waals surface area contributed by atoms with E-state index in [2.05, 4.69) is 20.8 Å². The molecule has 1 heterocycles. The molecule has 0 unspecified atom stereocenters.